The predicted molar refractivity (Wildman–Crippen MR) is 56.0 cm³/mol. The Morgan fingerprint density at radius 1 is 1.60 bits per heavy atom. The van der Waals surface area contributed by atoms with Crippen LogP contribution in [0.3, 0.4) is 0 Å². The molecule has 4 nitrogen and oxygen atoms in total. The maximum absolute atomic E-state index is 11.8. The largest absolute Gasteiger partial charge is 0.377 e. The van der Waals surface area contributed by atoms with Crippen LogP contribution in [0.5, 0.6) is 0 Å². The lowest BCUT2D eigenvalue weighted by Crippen LogP contribution is -2.36. The van der Waals surface area contributed by atoms with Gasteiger partial charge in [-0.25, -0.2) is 0 Å². The van der Waals surface area contributed by atoms with Crippen molar-refractivity contribution in [1.82, 2.24) is 4.90 Å². The Labute approximate surface area is 90.8 Å². The maximum atomic E-state index is 11.8. The second-order valence-electron chi connectivity index (χ2n) is 4.34. The van der Waals surface area contributed by atoms with Crippen molar-refractivity contribution in [2.24, 2.45) is 5.41 Å². The molecule has 0 heterocycles. The molecule has 0 aromatic heterocycles. The molecule has 0 atom stereocenters. The average molecular weight is 210 g/mol. The number of likely N-dealkylation sites (N-methyl/N-ethyl adjacent to an activating group) is 1. The van der Waals surface area contributed by atoms with Gasteiger partial charge in [-0.3, -0.25) is 4.79 Å². The van der Waals surface area contributed by atoms with Gasteiger partial charge in [0.15, 0.2) is 0 Å². The van der Waals surface area contributed by atoms with E-state index in [0.717, 1.165) is 0 Å². The van der Waals surface area contributed by atoms with Crippen LogP contribution in [0.1, 0.15) is 26.7 Å². The Hall–Kier alpha value is -1.08. The number of carbonyl (C=O) groups is 1. The molecule has 0 aromatic carbocycles. The van der Waals surface area contributed by atoms with Crippen LogP contribution in [0.25, 0.3) is 0 Å². The van der Waals surface area contributed by atoms with E-state index in [-0.39, 0.29) is 12.0 Å². The minimum atomic E-state index is -0.702. The highest BCUT2D eigenvalue weighted by Crippen LogP contribution is 2.46. The van der Waals surface area contributed by atoms with Crippen molar-refractivity contribution in [3.63, 3.8) is 0 Å². The molecule has 4 heteroatoms. The summed E-state index contributed by atoms with van der Waals surface area (Å²) in [5, 5.41) is 8.86. The van der Waals surface area contributed by atoms with Crippen LogP contribution in [0.2, 0.25) is 0 Å². The Balaban J connectivity index is 2.32. The standard InChI is InChI=1S/C11H18N2O2/c1-9(2)15-7-6-13(3)10(14)11(8-12)4-5-11/h9H,4-7H2,1-3H3. The molecule has 0 aliphatic heterocycles. The van der Waals surface area contributed by atoms with Gasteiger partial charge >= 0.3 is 0 Å². The molecule has 1 fully saturated rings. The number of rotatable bonds is 5. The molecule has 15 heavy (non-hydrogen) atoms. The molecular formula is C11H18N2O2. The molecule has 0 unspecified atom stereocenters. The fourth-order valence-electron chi connectivity index (χ4n) is 1.39. The summed E-state index contributed by atoms with van der Waals surface area (Å²) < 4.78 is 5.35. The van der Waals surface area contributed by atoms with E-state index in [2.05, 4.69) is 6.07 Å². The summed E-state index contributed by atoms with van der Waals surface area (Å²) >= 11 is 0. The van der Waals surface area contributed by atoms with Crippen LogP contribution in [-0.2, 0) is 9.53 Å². The summed E-state index contributed by atoms with van der Waals surface area (Å²) in [6.07, 6.45) is 1.59. The fourth-order valence-corrected chi connectivity index (χ4v) is 1.39. The van der Waals surface area contributed by atoms with Crippen LogP contribution >= 0.6 is 0 Å². The van der Waals surface area contributed by atoms with Gasteiger partial charge in [0.1, 0.15) is 5.41 Å². The van der Waals surface area contributed by atoms with Crippen molar-refractivity contribution in [1.29, 1.82) is 5.26 Å². The number of hydrogen-bond acceptors (Lipinski definition) is 3. The molecule has 1 aliphatic carbocycles. The summed E-state index contributed by atoms with van der Waals surface area (Å²) in [4.78, 5) is 13.4. The molecule has 0 aromatic rings. The summed E-state index contributed by atoms with van der Waals surface area (Å²) in [5.41, 5.74) is -0.702. The first-order valence-corrected chi connectivity index (χ1v) is 5.30. The van der Waals surface area contributed by atoms with Crippen molar-refractivity contribution in [3.05, 3.63) is 0 Å². The summed E-state index contributed by atoms with van der Waals surface area (Å²) in [6.45, 7) is 5.00. The molecule has 0 radical (unpaired) electrons. The van der Waals surface area contributed by atoms with Crippen LogP contribution in [0.15, 0.2) is 0 Å². The van der Waals surface area contributed by atoms with Gasteiger partial charge in [0.05, 0.1) is 18.8 Å². The highest BCUT2D eigenvalue weighted by atomic mass is 16.5. The molecule has 1 rings (SSSR count). The first kappa shape index (κ1) is 12.0. The van der Waals surface area contributed by atoms with E-state index in [4.69, 9.17) is 10.00 Å². The number of amides is 1. The van der Waals surface area contributed by atoms with Crippen molar-refractivity contribution in [2.45, 2.75) is 32.8 Å². The zero-order chi connectivity index (χ0) is 11.5. The number of hydrogen-bond donors (Lipinski definition) is 0. The van der Waals surface area contributed by atoms with Gasteiger partial charge in [0.25, 0.3) is 0 Å². The van der Waals surface area contributed by atoms with Crippen LogP contribution in [0.4, 0.5) is 0 Å². The highest BCUT2D eigenvalue weighted by molar-refractivity contribution is 5.88. The molecule has 1 aliphatic rings. The van der Waals surface area contributed by atoms with E-state index in [1.54, 1.807) is 11.9 Å². The SMILES string of the molecule is CC(C)OCCN(C)C(=O)C1(C#N)CC1. The van der Waals surface area contributed by atoms with Crippen molar-refractivity contribution in [2.75, 3.05) is 20.2 Å². The summed E-state index contributed by atoms with van der Waals surface area (Å²) in [6, 6.07) is 2.10. The van der Waals surface area contributed by atoms with Gasteiger partial charge < -0.3 is 9.64 Å². The molecule has 0 saturated heterocycles. The maximum Gasteiger partial charge on any atom is 0.242 e. The van der Waals surface area contributed by atoms with E-state index >= 15 is 0 Å². The Morgan fingerprint density at radius 2 is 2.20 bits per heavy atom. The summed E-state index contributed by atoms with van der Waals surface area (Å²) in [7, 11) is 1.73. The van der Waals surface area contributed by atoms with E-state index in [1.165, 1.54) is 0 Å². The van der Waals surface area contributed by atoms with Crippen molar-refractivity contribution >= 4 is 5.91 Å². The van der Waals surface area contributed by atoms with E-state index in [9.17, 15) is 4.79 Å². The Bertz CT molecular complexity index is 277. The zero-order valence-electron chi connectivity index (χ0n) is 9.62. The zero-order valence-corrected chi connectivity index (χ0v) is 9.62. The molecule has 1 saturated carbocycles. The monoisotopic (exact) mass is 210 g/mol. The smallest absolute Gasteiger partial charge is 0.242 e. The topological polar surface area (TPSA) is 53.3 Å². The quantitative estimate of drug-likeness (QED) is 0.684. The molecule has 1 amide bonds. The van der Waals surface area contributed by atoms with Gasteiger partial charge in [0, 0.05) is 13.6 Å². The van der Waals surface area contributed by atoms with Crippen LogP contribution < -0.4 is 0 Å². The highest BCUT2D eigenvalue weighted by Gasteiger charge is 2.51. The third-order valence-electron chi connectivity index (χ3n) is 2.60. The first-order chi connectivity index (χ1) is 7.02. The van der Waals surface area contributed by atoms with E-state index in [0.29, 0.717) is 26.0 Å². The Morgan fingerprint density at radius 3 is 2.60 bits per heavy atom. The first-order valence-electron chi connectivity index (χ1n) is 5.30. The van der Waals surface area contributed by atoms with Gasteiger partial charge in [-0.2, -0.15) is 5.26 Å². The second kappa shape index (κ2) is 4.63. The fraction of sp³-hybridized carbons (Fsp3) is 0.818. The predicted octanol–water partition coefficient (Wildman–Crippen LogP) is 1.17. The average Bonchev–Trinajstić information content (AvgIpc) is 2.96. The van der Waals surface area contributed by atoms with Gasteiger partial charge in [-0.05, 0) is 26.7 Å². The second-order valence-corrected chi connectivity index (χ2v) is 4.34. The summed E-state index contributed by atoms with van der Waals surface area (Å²) in [5.74, 6) is -0.0580. The van der Waals surface area contributed by atoms with E-state index in [1.807, 2.05) is 13.8 Å². The normalized spacial score (nSPS) is 17.3. The lowest BCUT2D eigenvalue weighted by molar-refractivity contribution is -0.134. The molecule has 0 N–H and O–H groups in total. The minimum absolute atomic E-state index is 0.0580. The number of nitriles is 1. The lowest BCUT2D eigenvalue weighted by atomic mass is 10.1. The third kappa shape index (κ3) is 2.93. The van der Waals surface area contributed by atoms with Gasteiger partial charge in [0.2, 0.25) is 5.91 Å². The molecular weight excluding hydrogens is 192 g/mol. The number of carbonyl (C=O) groups excluding carboxylic acids is 1. The number of ether oxygens (including phenoxy) is 1. The number of nitrogens with zero attached hydrogens (tertiary/aromatic N) is 2. The van der Waals surface area contributed by atoms with E-state index < -0.39 is 5.41 Å². The van der Waals surface area contributed by atoms with Gasteiger partial charge in [-0.15, -0.1) is 0 Å². The van der Waals surface area contributed by atoms with Crippen LogP contribution in [0, 0.1) is 16.7 Å². The molecule has 0 bridgehead atoms. The third-order valence-corrected chi connectivity index (χ3v) is 2.60. The lowest BCUT2D eigenvalue weighted by Gasteiger charge is -2.20. The van der Waals surface area contributed by atoms with Crippen molar-refractivity contribution < 1.29 is 9.53 Å². The van der Waals surface area contributed by atoms with Crippen molar-refractivity contribution in [3.8, 4) is 6.07 Å². The van der Waals surface area contributed by atoms with Crippen LogP contribution in [-0.4, -0.2) is 37.1 Å². The Kier molecular flexibility index (Phi) is 3.70. The van der Waals surface area contributed by atoms with Gasteiger partial charge in [-0.1, -0.05) is 0 Å². The molecule has 84 valence electrons. The molecule has 0 spiro atoms. The minimum Gasteiger partial charge on any atom is -0.377 e.